The van der Waals surface area contributed by atoms with Gasteiger partial charge in [0.15, 0.2) is 12.2 Å². The monoisotopic (exact) mass is 590 g/mol. The lowest BCUT2D eigenvalue weighted by Crippen LogP contribution is -2.69. The highest BCUT2D eigenvalue weighted by atomic mass is 16.7. The van der Waals surface area contributed by atoms with Crippen LogP contribution in [-0.4, -0.2) is 132 Å². The van der Waals surface area contributed by atoms with E-state index >= 15 is 0 Å². The Balaban J connectivity index is 1.86. The first-order chi connectivity index (χ1) is 19.3. The summed E-state index contributed by atoms with van der Waals surface area (Å²) >= 11 is 0. The van der Waals surface area contributed by atoms with Crippen LogP contribution in [0.25, 0.3) is 0 Å². The molecule has 2 aliphatic heterocycles. The van der Waals surface area contributed by atoms with E-state index in [0.717, 1.165) is 0 Å². The summed E-state index contributed by atoms with van der Waals surface area (Å²) in [5.74, 6) is -0.622. The highest BCUT2D eigenvalue weighted by Crippen LogP contribution is 2.32. The SMILES string of the molecule is CN[C@@H]1[C@@H](O)[C@@H](O[C@@H]2[C@@H](O)[C@H](O[C@H]3OC(CN)=CC[C@H]3NC(=N)N)[C@@H](N)C[C@H]2NC(=O)[C@@H](O)CCN)OC[C@]1(C)O. The number of aliphatic hydroxyl groups excluding tert-OH is 3. The summed E-state index contributed by atoms with van der Waals surface area (Å²) in [5.41, 5.74) is 21.7. The van der Waals surface area contributed by atoms with Gasteiger partial charge in [-0.3, -0.25) is 10.2 Å². The third-order valence-electron chi connectivity index (χ3n) is 7.55. The Morgan fingerprint density at radius 1 is 1.20 bits per heavy atom. The van der Waals surface area contributed by atoms with E-state index in [-0.39, 0.29) is 38.5 Å². The zero-order valence-electron chi connectivity index (χ0n) is 23.3. The van der Waals surface area contributed by atoms with E-state index in [2.05, 4.69) is 16.0 Å². The van der Waals surface area contributed by atoms with Gasteiger partial charge in [0.05, 0.1) is 31.3 Å². The molecule has 0 radical (unpaired) electrons. The molecule has 0 unspecified atom stereocenters. The quantitative estimate of drug-likeness (QED) is 0.0789. The van der Waals surface area contributed by atoms with Gasteiger partial charge >= 0.3 is 0 Å². The first-order valence-corrected chi connectivity index (χ1v) is 13.6. The number of carbonyl (C=O) groups excluding carboxylic acids is 1. The van der Waals surface area contributed by atoms with Crippen LogP contribution in [0.3, 0.4) is 0 Å². The van der Waals surface area contributed by atoms with Crippen molar-refractivity contribution in [2.75, 3.05) is 26.7 Å². The largest absolute Gasteiger partial charge is 0.466 e. The second-order valence-corrected chi connectivity index (χ2v) is 10.9. The summed E-state index contributed by atoms with van der Waals surface area (Å²) in [5, 5.41) is 59.1. The van der Waals surface area contributed by atoms with Crippen molar-refractivity contribution in [2.24, 2.45) is 22.9 Å². The molecule has 41 heavy (non-hydrogen) atoms. The predicted molar refractivity (Wildman–Crippen MR) is 145 cm³/mol. The Morgan fingerprint density at radius 3 is 2.49 bits per heavy atom. The molecule has 1 amide bonds. The molecular weight excluding hydrogens is 544 g/mol. The molecule has 0 spiro atoms. The Kier molecular flexibility index (Phi) is 11.7. The van der Waals surface area contributed by atoms with Crippen LogP contribution in [0.15, 0.2) is 11.8 Å². The molecule has 2 heterocycles. The summed E-state index contributed by atoms with van der Waals surface area (Å²) in [4.78, 5) is 12.7. The average Bonchev–Trinajstić information content (AvgIpc) is 2.90. The second kappa shape index (κ2) is 14.3. The van der Waals surface area contributed by atoms with Crippen molar-refractivity contribution in [1.29, 1.82) is 5.41 Å². The molecule has 17 heteroatoms. The van der Waals surface area contributed by atoms with Crippen molar-refractivity contribution in [3.8, 4) is 0 Å². The number of nitrogens with two attached hydrogens (primary N) is 4. The number of guanidine groups is 1. The summed E-state index contributed by atoms with van der Waals surface area (Å²) in [6.45, 7) is 1.45. The number of rotatable bonds is 11. The van der Waals surface area contributed by atoms with Gasteiger partial charge in [-0.2, -0.15) is 0 Å². The third-order valence-corrected chi connectivity index (χ3v) is 7.55. The zero-order valence-corrected chi connectivity index (χ0v) is 23.3. The molecule has 17 nitrogen and oxygen atoms in total. The Morgan fingerprint density at radius 2 is 1.88 bits per heavy atom. The summed E-state index contributed by atoms with van der Waals surface area (Å²) in [6, 6.07) is -3.25. The van der Waals surface area contributed by atoms with E-state index < -0.39 is 78.8 Å². The van der Waals surface area contributed by atoms with Crippen molar-refractivity contribution in [2.45, 2.75) is 99.1 Å². The smallest absolute Gasteiger partial charge is 0.249 e. The number of likely N-dealkylation sites (N-methyl/N-ethyl adjacent to an activating group) is 1. The number of hydrogen-bond donors (Lipinski definition) is 12. The average molecular weight is 591 g/mol. The van der Waals surface area contributed by atoms with Crippen molar-refractivity contribution in [3.05, 3.63) is 11.8 Å². The highest BCUT2D eigenvalue weighted by Gasteiger charge is 2.52. The fourth-order valence-electron chi connectivity index (χ4n) is 5.41. The minimum Gasteiger partial charge on any atom is -0.466 e. The summed E-state index contributed by atoms with van der Waals surface area (Å²) in [6.07, 6.45) is -6.88. The van der Waals surface area contributed by atoms with E-state index in [1.165, 1.54) is 6.92 Å². The van der Waals surface area contributed by atoms with E-state index in [4.69, 9.17) is 47.3 Å². The van der Waals surface area contributed by atoms with Crippen LogP contribution in [0.5, 0.6) is 0 Å². The first-order valence-electron chi connectivity index (χ1n) is 13.6. The molecule has 16 N–H and O–H groups in total. The molecule has 1 saturated carbocycles. The Labute approximate surface area is 238 Å². The predicted octanol–water partition coefficient (Wildman–Crippen LogP) is -5.46. The molecule has 1 aliphatic carbocycles. The van der Waals surface area contributed by atoms with E-state index in [1.54, 1.807) is 13.1 Å². The number of hydrogen-bond acceptors (Lipinski definition) is 14. The highest BCUT2D eigenvalue weighted by molar-refractivity contribution is 5.80. The number of carbonyl (C=O) groups is 1. The molecule has 0 aromatic carbocycles. The molecular formula is C24H46N8O9. The van der Waals surface area contributed by atoms with E-state index in [9.17, 15) is 25.2 Å². The lowest BCUT2D eigenvalue weighted by molar-refractivity contribution is -0.304. The van der Waals surface area contributed by atoms with E-state index in [1.807, 2.05) is 0 Å². The van der Waals surface area contributed by atoms with Gasteiger partial charge in [0.1, 0.15) is 41.9 Å². The molecule has 12 atom stereocenters. The van der Waals surface area contributed by atoms with Crippen LogP contribution in [0.2, 0.25) is 0 Å². The topological polar surface area (TPSA) is 299 Å². The van der Waals surface area contributed by atoms with Crippen molar-refractivity contribution < 1.29 is 44.2 Å². The van der Waals surface area contributed by atoms with Crippen molar-refractivity contribution in [3.63, 3.8) is 0 Å². The maximum absolute atomic E-state index is 12.7. The van der Waals surface area contributed by atoms with Crippen LogP contribution in [-0.2, 0) is 23.7 Å². The minimum atomic E-state index is -1.50. The van der Waals surface area contributed by atoms with Gasteiger partial charge in [0, 0.05) is 6.04 Å². The molecule has 3 aliphatic rings. The maximum Gasteiger partial charge on any atom is 0.249 e. The van der Waals surface area contributed by atoms with Crippen LogP contribution >= 0.6 is 0 Å². The lowest BCUT2D eigenvalue weighted by atomic mass is 9.83. The lowest BCUT2D eigenvalue weighted by Gasteiger charge is -2.49. The Hall–Kier alpha value is -2.16. The summed E-state index contributed by atoms with van der Waals surface area (Å²) < 4.78 is 23.6. The number of nitrogens with one attached hydrogen (secondary N) is 4. The standard InChI is InChI=1S/C24H46N8O9/c1-24(37)9-38-22(16(35)19(24)30-2)41-18-13(31-20(36)14(33)5-6-25)7-11(27)17(15(18)34)40-21-12(32-23(28)29)4-3-10(8-26)39-21/h3,11-19,21-22,30,33-35,37H,4-9,25-27H2,1-2H3,(H,31,36)(H4,28,29,32)/t11-,12+,13+,14-,15-,16+,17+,18-,19+,21+,22+,24-/m0/s1. The maximum atomic E-state index is 12.7. The summed E-state index contributed by atoms with van der Waals surface area (Å²) in [7, 11) is 1.56. The molecule has 3 rings (SSSR count). The van der Waals surface area contributed by atoms with Gasteiger partial charge in [-0.1, -0.05) is 0 Å². The third kappa shape index (κ3) is 8.02. The molecule has 0 bridgehead atoms. The van der Waals surface area contributed by atoms with Gasteiger partial charge in [-0.05, 0) is 45.9 Å². The van der Waals surface area contributed by atoms with Crippen molar-refractivity contribution >= 4 is 11.9 Å². The Bertz CT molecular complexity index is 928. The molecule has 2 fully saturated rings. The van der Waals surface area contributed by atoms with Crippen molar-refractivity contribution in [1.82, 2.24) is 16.0 Å². The van der Waals surface area contributed by atoms with Gasteiger partial charge in [0.2, 0.25) is 12.2 Å². The van der Waals surface area contributed by atoms with E-state index in [0.29, 0.717) is 12.2 Å². The molecule has 0 aromatic heterocycles. The van der Waals surface area contributed by atoms with Crippen LogP contribution in [0.4, 0.5) is 0 Å². The molecule has 0 aromatic rings. The second-order valence-electron chi connectivity index (χ2n) is 10.9. The molecule has 1 saturated heterocycles. The number of amides is 1. The zero-order chi connectivity index (χ0) is 30.5. The van der Waals surface area contributed by atoms with Crippen LogP contribution in [0.1, 0.15) is 26.2 Å². The van der Waals surface area contributed by atoms with Gasteiger partial charge in [0.25, 0.3) is 0 Å². The van der Waals surface area contributed by atoms with Crippen LogP contribution in [0, 0.1) is 5.41 Å². The van der Waals surface area contributed by atoms with Crippen LogP contribution < -0.4 is 38.9 Å². The van der Waals surface area contributed by atoms with Gasteiger partial charge < -0.3 is 78.3 Å². The first kappa shape index (κ1) is 33.3. The number of ether oxygens (including phenoxy) is 4. The fraction of sp³-hybridized carbons (Fsp3) is 0.833. The normalized spacial score (nSPS) is 40.2. The number of aliphatic hydroxyl groups is 4. The fourth-order valence-corrected chi connectivity index (χ4v) is 5.41. The van der Waals surface area contributed by atoms with Gasteiger partial charge in [-0.15, -0.1) is 0 Å². The minimum absolute atomic E-state index is 0.00829. The molecule has 236 valence electrons. The van der Waals surface area contributed by atoms with Gasteiger partial charge in [-0.25, -0.2) is 0 Å².